The predicted molar refractivity (Wildman–Crippen MR) is 100 cm³/mol. The molecule has 0 N–H and O–H groups in total. The van der Waals surface area contributed by atoms with Crippen LogP contribution >= 0.6 is 0 Å². The second-order valence-electron chi connectivity index (χ2n) is 6.98. The van der Waals surface area contributed by atoms with E-state index in [0.29, 0.717) is 24.7 Å². The summed E-state index contributed by atoms with van der Waals surface area (Å²) in [6.45, 7) is 2.01. The number of hydrogen-bond acceptors (Lipinski definition) is 4. The normalized spacial score (nSPS) is 16.7. The first-order valence-corrected chi connectivity index (χ1v) is 10.4. The number of pyridine rings is 1. The van der Waals surface area contributed by atoms with Crippen molar-refractivity contribution in [3.63, 3.8) is 0 Å². The van der Waals surface area contributed by atoms with E-state index in [1.165, 1.54) is 10.6 Å². The highest BCUT2D eigenvalue weighted by molar-refractivity contribution is 7.89. The van der Waals surface area contributed by atoms with E-state index in [1.807, 2.05) is 0 Å². The molecule has 1 aromatic carbocycles. The zero-order valence-electron chi connectivity index (χ0n) is 15.9. The van der Waals surface area contributed by atoms with Gasteiger partial charge in [0.15, 0.2) is 0 Å². The number of aryl methyl sites for hydroxylation is 1. The maximum atomic E-state index is 12.9. The summed E-state index contributed by atoms with van der Waals surface area (Å²) in [7, 11) is -2.38. The van der Waals surface area contributed by atoms with Gasteiger partial charge in [-0.3, -0.25) is 4.79 Å². The van der Waals surface area contributed by atoms with E-state index in [0.717, 1.165) is 28.2 Å². The van der Waals surface area contributed by atoms with Crippen LogP contribution < -0.4 is 10.3 Å². The molecule has 0 atom stereocenters. The lowest BCUT2D eigenvalue weighted by atomic mass is 10.1. The maximum Gasteiger partial charge on any atom is 0.416 e. The Morgan fingerprint density at radius 3 is 2.34 bits per heavy atom. The molecule has 1 saturated heterocycles. The molecule has 1 aromatic heterocycles. The zero-order valence-corrected chi connectivity index (χ0v) is 16.8. The van der Waals surface area contributed by atoms with E-state index < -0.39 is 21.8 Å². The first-order chi connectivity index (χ1) is 13.5. The van der Waals surface area contributed by atoms with Crippen molar-refractivity contribution in [2.45, 2.75) is 36.9 Å². The van der Waals surface area contributed by atoms with Gasteiger partial charge < -0.3 is 9.30 Å². The van der Waals surface area contributed by atoms with Gasteiger partial charge in [0.2, 0.25) is 10.0 Å². The quantitative estimate of drug-likeness (QED) is 0.748. The molecule has 0 spiro atoms. The number of alkyl halides is 3. The highest BCUT2D eigenvalue weighted by Crippen LogP contribution is 2.31. The number of ether oxygens (including phenoxy) is 1. The summed E-state index contributed by atoms with van der Waals surface area (Å²) in [5.41, 5.74) is -0.473. The number of hydrogen-bond donors (Lipinski definition) is 0. The van der Waals surface area contributed by atoms with Gasteiger partial charge >= 0.3 is 6.18 Å². The Labute approximate surface area is 166 Å². The number of nitrogens with zero attached hydrogens (tertiary/aromatic N) is 2. The molecule has 1 aliphatic heterocycles. The molecule has 1 aliphatic rings. The third-order valence-corrected chi connectivity index (χ3v) is 6.87. The molecule has 2 heterocycles. The molecular formula is C19H21F3N2O4S. The number of benzene rings is 1. The largest absolute Gasteiger partial charge is 0.490 e. The molecule has 29 heavy (non-hydrogen) atoms. The second kappa shape index (κ2) is 7.83. The number of piperidine rings is 1. The number of halogens is 3. The first-order valence-electron chi connectivity index (χ1n) is 9.00. The van der Waals surface area contributed by atoms with Crippen LogP contribution in [0.25, 0.3) is 0 Å². The summed E-state index contributed by atoms with van der Waals surface area (Å²) in [5.74, 6) is 0.421. The lowest BCUT2D eigenvalue weighted by Gasteiger charge is -2.31. The maximum absolute atomic E-state index is 12.9. The van der Waals surface area contributed by atoms with Gasteiger partial charge in [0.05, 0.1) is 10.5 Å². The summed E-state index contributed by atoms with van der Waals surface area (Å²) in [6.07, 6.45) is -4.16. The highest BCUT2D eigenvalue weighted by atomic mass is 32.2. The average molecular weight is 430 g/mol. The van der Waals surface area contributed by atoms with Gasteiger partial charge in [0, 0.05) is 31.9 Å². The van der Waals surface area contributed by atoms with Crippen molar-refractivity contribution < 1.29 is 26.3 Å². The summed E-state index contributed by atoms with van der Waals surface area (Å²) in [6, 6.07) is 6.84. The van der Waals surface area contributed by atoms with Crippen molar-refractivity contribution in [2.24, 2.45) is 7.05 Å². The fourth-order valence-electron chi connectivity index (χ4n) is 3.17. The lowest BCUT2D eigenvalue weighted by molar-refractivity contribution is -0.137. The minimum atomic E-state index is -4.61. The van der Waals surface area contributed by atoms with Crippen LogP contribution in [-0.4, -0.2) is 36.5 Å². The van der Waals surface area contributed by atoms with Crippen LogP contribution in [0.4, 0.5) is 13.2 Å². The van der Waals surface area contributed by atoms with Gasteiger partial charge in [0.25, 0.3) is 5.56 Å². The van der Waals surface area contributed by atoms with Crippen LogP contribution in [0.2, 0.25) is 0 Å². The van der Waals surface area contributed by atoms with E-state index in [-0.39, 0.29) is 29.6 Å². The smallest absolute Gasteiger partial charge is 0.416 e. The van der Waals surface area contributed by atoms with Gasteiger partial charge in [-0.15, -0.1) is 0 Å². The van der Waals surface area contributed by atoms with Crippen molar-refractivity contribution in [3.05, 3.63) is 58.0 Å². The van der Waals surface area contributed by atoms with E-state index >= 15 is 0 Å². The SMILES string of the molecule is Cc1cc(OC2CCN(S(=O)(=O)c3cccc(C(F)(F)F)c3)CC2)cc(=O)n1C. The Morgan fingerprint density at radius 2 is 1.76 bits per heavy atom. The molecule has 2 aromatic rings. The fourth-order valence-corrected chi connectivity index (χ4v) is 4.69. The first kappa shape index (κ1) is 21.4. The van der Waals surface area contributed by atoms with Crippen LogP contribution in [0.1, 0.15) is 24.1 Å². The number of aromatic nitrogens is 1. The molecular weight excluding hydrogens is 409 g/mol. The van der Waals surface area contributed by atoms with Gasteiger partial charge in [-0.05, 0) is 44.0 Å². The number of sulfonamides is 1. The standard InChI is InChI=1S/C19H21F3N2O4S/c1-13-10-16(12-18(25)23(13)2)28-15-6-8-24(9-7-15)29(26,27)17-5-3-4-14(11-17)19(20,21)22/h3-5,10-12,15H,6-9H2,1-2H3. The molecule has 0 unspecified atom stereocenters. The molecule has 0 aliphatic carbocycles. The second-order valence-corrected chi connectivity index (χ2v) is 8.91. The molecule has 0 radical (unpaired) electrons. The van der Waals surface area contributed by atoms with E-state index in [9.17, 15) is 26.4 Å². The van der Waals surface area contributed by atoms with Crippen molar-refractivity contribution in [1.82, 2.24) is 8.87 Å². The van der Waals surface area contributed by atoms with E-state index in [4.69, 9.17) is 4.74 Å². The Bertz CT molecular complexity index is 1060. The highest BCUT2D eigenvalue weighted by Gasteiger charge is 2.34. The summed E-state index contributed by atoms with van der Waals surface area (Å²) < 4.78 is 72.6. The van der Waals surface area contributed by atoms with Crippen molar-refractivity contribution in [1.29, 1.82) is 0 Å². The van der Waals surface area contributed by atoms with E-state index in [1.54, 1.807) is 20.0 Å². The minimum Gasteiger partial charge on any atom is -0.490 e. The Balaban J connectivity index is 1.69. The molecule has 0 bridgehead atoms. The van der Waals surface area contributed by atoms with Crippen LogP contribution in [0, 0.1) is 6.92 Å². The third kappa shape index (κ3) is 4.64. The molecule has 158 valence electrons. The Hall–Kier alpha value is -2.33. The zero-order chi connectivity index (χ0) is 21.4. The third-order valence-electron chi connectivity index (χ3n) is 4.98. The minimum absolute atomic E-state index is 0.118. The van der Waals surface area contributed by atoms with Crippen molar-refractivity contribution >= 4 is 10.0 Å². The predicted octanol–water partition coefficient (Wildman–Crippen LogP) is 2.94. The summed E-state index contributed by atoms with van der Waals surface area (Å²) in [5, 5.41) is 0. The summed E-state index contributed by atoms with van der Waals surface area (Å²) in [4.78, 5) is 11.5. The molecule has 0 amide bonds. The molecule has 1 fully saturated rings. The average Bonchev–Trinajstić information content (AvgIpc) is 2.66. The monoisotopic (exact) mass is 430 g/mol. The van der Waals surface area contributed by atoms with Crippen LogP contribution in [0.5, 0.6) is 5.75 Å². The molecule has 0 saturated carbocycles. The lowest BCUT2D eigenvalue weighted by Crippen LogP contribution is -2.41. The van der Waals surface area contributed by atoms with Gasteiger partial charge in [-0.2, -0.15) is 17.5 Å². The number of rotatable bonds is 4. The Morgan fingerprint density at radius 1 is 1.10 bits per heavy atom. The van der Waals surface area contributed by atoms with Crippen LogP contribution in [-0.2, 0) is 23.2 Å². The van der Waals surface area contributed by atoms with Gasteiger partial charge in [-0.1, -0.05) is 6.07 Å². The molecule has 10 heteroatoms. The van der Waals surface area contributed by atoms with Crippen molar-refractivity contribution in [3.8, 4) is 5.75 Å². The van der Waals surface area contributed by atoms with E-state index in [2.05, 4.69) is 0 Å². The molecule has 6 nitrogen and oxygen atoms in total. The van der Waals surface area contributed by atoms with Crippen LogP contribution in [0.15, 0.2) is 46.1 Å². The van der Waals surface area contributed by atoms with Crippen molar-refractivity contribution in [2.75, 3.05) is 13.1 Å². The topological polar surface area (TPSA) is 68.6 Å². The Kier molecular flexibility index (Phi) is 5.77. The fraction of sp³-hybridized carbons (Fsp3) is 0.421. The van der Waals surface area contributed by atoms with Crippen LogP contribution in [0.3, 0.4) is 0 Å². The van der Waals surface area contributed by atoms with Gasteiger partial charge in [-0.25, -0.2) is 8.42 Å². The molecule has 3 rings (SSSR count). The summed E-state index contributed by atoms with van der Waals surface area (Å²) >= 11 is 0. The van der Waals surface area contributed by atoms with Gasteiger partial charge in [0.1, 0.15) is 11.9 Å².